The number of carboxylic acid groups (broad SMARTS) is 1. The molecular formula is C9H12O3. The number of fused-ring (bicyclic) bond motifs is 1. The summed E-state index contributed by atoms with van der Waals surface area (Å²) in [6.45, 7) is 0. The van der Waals surface area contributed by atoms with E-state index in [-0.39, 0.29) is 18.1 Å². The van der Waals surface area contributed by atoms with Crippen molar-refractivity contribution in [2.24, 2.45) is 11.3 Å². The van der Waals surface area contributed by atoms with Crippen molar-refractivity contribution in [2.45, 2.75) is 32.1 Å². The third-order valence-electron chi connectivity index (χ3n) is 3.37. The summed E-state index contributed by atoms with van der Waals surface area (Å²) in [6, 6.07) is 0. The molecule has 0 aromatic heterocycles. The van der Waals surface area contributed by atoms with Crippen LogP contribution >= 0.6 is 0 Å². The van der Waals surface area contributed by atoms with Gasteiger partial charge < -0.3 is 5.11 Å². The summed E-state index contributed by atoms with van der Waals surface area (Å²) < 4.78 is 0. The van der Waals surface area contributed by atoms with Gasteiger partial charge in [0.25, 0.3) is 0 Å². The monoisotopic (exact) mass is 168 g/mol. The van der Waals surface area contributed by atoms with E-state index in [2.05, 4.69) is 0 Å². The third kappa shape index (κ3) is 0.822. The van der Waals surface area contributed by atoms with Crippen LogP contribution in [0, 0.1) is 11.3 Å². The molecule has 0 unspecified atom stereocenters. The maximum Gasteiger partial charge on any atom is 0.310 e. The van der Waals surface area contributed by atoms with Crippen LogP contribution in [-0.4, -0.2) is 16.9 Å². The molecule has 0 aromatic rings. The Morgan fingerprint density at radius 2 is 2.33 bits per heavy atom. The molecule has 2 saturated carbocycles. The van der Waals surface area contributed by atoms with Crippen molar-refractivity contribution in [1.29, 1.82) is 0 Å². The van der Waals surface area contributed by atoms with Crippen molar-refractivity contribution < 1.29 is 14.7 Å². The third-order valence-corrected chi connectivity index (χ3v) is 3.37. The Kier molecular flexibility index (Phi) is 1.50. The summed E-state index contributed by atoms with van der Waals surface area (Å²) in [5.74, 6) is -0.472. The summed E-state index contributed by atoms with van der Waals surface area (Å²) in [7, 11) is 0. The lowest BCUT2D eigenvalue weighted by Gasteiger charge is -2.21. The minimum atomic E-state index is -0.754. The molecule has 2 aliphatic rings. The van der Waals surface area contributed by atoms with Crippen molar-refractivity contribution in [3.63, 3.8) is 0 Å². The van der Waals surface area contributed by atoms with E-state index >= 15 is 0 Å². The van der Waals surface area contributed by atoms with Crippen molar-refractivity contribution >= 4 is 11.8 Å². The number of Topliss-reactive ketones (excluding diaryl/α,β-unsaturated/α-hetero) is 1. The highest BCUT2D eigenvalue weighted by atomic mass is 16.4. The summed E-state index contributed by atoms with van der Waals surface area (Å²) in [5, 5.41) is 9.04. The first-order valence-corrected chi connectivity index (χ1v) is 4.40. The second kappa shape index (κ2) is 2.31. The van der Waals surface area contributed by atoms with Crippen LogP contribution in [0.3, 0.4) is 0 Å². The molecule has 2 aliphatic carbocycles. The van der Waals surface area contributed by atoms with E-state index in [9.17, 15) is 9.59 Å². The zero-order valence-corrected chi connectivity index (χ0v) is 6.88. The Bertz CT molecular complexity index is 246. The first-order chi connectivity index (χ1) is 5.65. The lowest BCUT2D eigenvalue weighted by atomic mass is 9.81. The van der Waals surface area contributed by atoms with Gasteiger partial charge in [0.2, 0.25) is 0 Å². The zero-order chi connectivity index (χ0) is 8.77. The van der Waals surface area contributed by atoms with Crippen LogP contribution in [0.5, 0.6) is 0 Å². The average molecular weight is 168 g/mol. The van der Waals surface area contributed by atoms with Gasteiger partial charge in [0.1, 0.15) is 5.78 Å². The number of carbonyl (C=O) groups is 2. The second-order valence-corrected chi connectivity index (χ2v) is 3.97. The van der Waals surface area contributed by atoms with E-state index in [1.165, 1.54) is 0 Å². The fourth-order valence-electron chi connectivity index (χ4n) is 2.73. The van der Waals surface area contributed by atoms with Crippen LogP contribution < -0.4 is 0 Å². The highest BCUT2D eigenvalue weighted by molar-refractivity contribution is 5.91. The number of carboxylic acids is 1. The minimum Gasteiger partial charge on any atom is -0.481 e. The highest BCUT2D eigenvalue weighted by Gasteiger charge is 2.54. The van der Waals surface area contributed by atoms with E-state index in [4.69, 9.17) is 5.11 Å². The van der Waals surface area contributed by atoms with Gasteiger partial charge in [-0.3, -0.25) is 9.59 Å². The fraction of sp³-hybridized carbons (Fsp3) is 0.778. The number of carbonyl (C=O) groups excluding carboxylic acids is 1. The topological polar surface area (TPSA) is 54.4 Å². The van der Waals surface area contributed by atoms with Crippen LogP contribution in [0.1, 0.15) is 32.1 Å². The second-order valence-electron chi connectivity index (χ2n) is 3.97. The highest BCUT2D eigenvalue weighted by Crippen LogP contribution is 2.52. The molecule has 2 fully saturated rings. The van der Waals surface area contributed by atoms with Crippen molar-refractivity contribution in [3.05, 3.63) is 0 Å². The first kappa shape index (κ1) is 7.77. The molecular weight excluding hydrogens is 156 g/mol. The van der Waals surface area contributed by atoms with Gasteiger partial charge in [-0.05, 0) is 18.8 Å². The summed E-state index contributed by atoms with van der Waals surface area (Å²) >= 11 is 0. The maximum absolute atomic E-state index is 11.1. The summed E-state index contributed by atoms with van der Waals surface area (Å²) in [4.78, 5) is 22.1. The number of hydrogen-bond acceptors (Lipinski definition) is 2. The quantitative estimate of drug-likeness (QED) is 0.640. The molecule has 0 amide bonds. The van der Waals surface area contributed by atoms with Gasteiger partial charge in [0.15, 0.2) is 0 Å². The van der Waals surface area contributed by atoms with Gasteiger partial charge >= 0.3 is 5.97 Å². The Morgan fingerprint density at radius 3 is 2.92 bits per heavy atom. The number of hydrogen-bond donors (Lipinski definition) is 1. The van der Waals surface area contributed by atoms with Crippen molar-refractivity contribution in [3.8, 4) is 0 Å². The largest absolute Gasteiger partial charge is 0.481 e. The smallest absolute Gasteiger partial charge is 0.310 e. The Labute approximate surface area is 70.8 Å². The summed E-state index contributed by atoms with van der Waals surface area (Å²) in [5.41, 5.74) is -0.656. The van der Waals surface area contributed by atoms with E-state index in [1.54, 1.807) is 0 Å². The molecule has 0 aliphatic heterocycles. The standard InChI is InChI=1S/C9H12O3/c10-7-4-6-2-1-3-9(6,5-7)8(11)12/h6H,1-5H2,(H,11,12)/t6-,9-/m0/s1. The van der Waals surface area contributed by atoms with Gasteiger partial charge in [-0.1, -0.05) is 6.42 Å². The maximum atomic E-state index is 11.1. The Balaban J connectivity index is 2.32. The zero-order valence-electron chi connectivity index (χ0n) is 6.88. The lowest BCUT2D eigenvalue weighted by molar-refractivity contribution is -0.150. The molecule has 3 nitrogen and oxygen atoms in total. The van der Waals surface area contributed by atoms with Gasteiger partial charge in [-0.2, -0.15) is 0 Å². The SMILES string of the molecule is O=C1C[C@@H]2CCC[C@]2(C(=O)O)C1. The van der Waals surface area contributed by atoms with Crippen LogP contribution in [0.4, 0.5) is 0 Å². The molecule has 2 rings (SSSR count). The van der Waals surface area contributed by atoms with Gasteiger partial charge in [-0.25, -0.2) is 0 Å². The van der Waals surface area contributed by atoms with E-state index < -0.39 is 11.4 Å². The molecule has 0 heterocycles. The van der Waals surface area contributed by atoms with Crippen molar-refractivity contribution in [1.82, 2.24) is 0 Å². The summed E-state index contributed by atoms with van der Waals surface area (Å²) in [6.07, 6.45) is 3.40. The lowest BCUT2D eigenvalue weighted by Crippen LogP contribution is -2.30. The van der Waals surface area contributed by atoms with E-state index in [0.717, 1.165) is 12.8 Å². The molecule has 0 aromatic carbocycles. The van der Waals surface area contributed by atoms with Crippen LogP contribution in [0.15, 0.2) is 0 Å². The predicted molar refractivity (Wildman–Crippen MR) is 41.7 cm³/mol. The Hall–Kier alpha value is -0.860. The molecule has 0 radical (unpaired) electrons. The normalized spacial score (nSPS) is 40.0. The van der Waals surface area contributed by atoms with Crippen molar-refractivity contribution in [2.75, 3.05) is 0 Å². The predicted octanol–water partition coefficient (Wildman–Crippen LogP) is 1.22. The Morgan fingerprint density at radius 1 is 1.58 bits per heavy atom. The molecule has 1 N–H and O–H groups in total. The molecule has 2 atom stereocenters. The molecule has 3 heteroatoms. The van der Waals surface area contributed by atoms with Gasteiger partial charge in [0.05, 0.1) is 5.41 Å². The number of ketones is 1. The van der Waals surface area contributed by atoms with Crippen LogP contribution in [-0.2, 0) is 9.59 Å². The van der Waals surface area contributed by atoms with E-state index in [0.29, 0.717) is 12.8 Å². The van der Waals surface area contributed by atoms with E-state index in [1.807, 2.05) is 0 Å². The number of rotatable bonds is 1. The minimum absolute atomic E-state index is 0.141. The first-order valence-electron chi connectivity index (χ1n) is 4.40. The van der Waals surface area contributed by atoms with Gasteiger partial charge in [-0.15, -0.1) is 0 Å². The van der Waals surface area contributed by atoms with Crippen LogP contribution in [0.2, 0.25) is 0 Å². The molecule has 66 valence electrons. The van der Waals surface area contributed by atoms with Crippen LogP contribution in [0.25, 0.3) is 0 Å². The number of aliphatic carboxylic acids is 1. The average Bonchev–Trinajstić information content (AvgIpc) is 2.42. The molecule has 0 bridgehead atoms. The molecule has 12 heavy (non-hydrogen) atoms. The van der Waals surface area contributed by atoms with Gasteiger partial charge in [0, 0.05) is 12.8 Å². The molecule has 0 spiro atoms. The molecule has 0 saturated heterocycles. The fourth-order valence-corrected chi connectivity index (χ4v) is 2.73.